The molecule has 0 heterocycles. The van der Waals surface area contributed by atoms with Crippen molar-refractivity contribution in [1.29, 1.82) is 0 Å². The minimum atomic E-state index is -4.13. The molecule has 1 N–H and O–H groups in total. The zero-order valence-electron chi connectivity index (χ0n) is 19.0. The second kappa shape index (κ2) is 17.8. The Hall–Kier alpha value is -0.0700. The quantitative estimate of drug-likeness (QED) is 0.235. The Labute approximate surface area is 196 Å². The molecule has 0 fully saturated rings. The summed E-state index contributed by atoms with van der Waals surface area (Å²) in [5.74, 6) is 0.636. The fraction of sp³-hybridized carbons (Fsp3) is 0.727. The molecule has 0 bridgehead atoms. The van der Waals surface area contributed by atoms with Crippen LogP contribution in [0.15, 0.2) is 29.2 Å². The van der Waals surface area contributed by atoms with Crippen LogP contribution in [0.25, 0.3) is 0 Å². The monoisotopic (exact) mass is 422 g/mol. The molecule has 1 aromatic rings. The van der Waals surface area contributed by atoms with Gasteiger partial charge in [0.05, 0.1) is 11.5 Å². The standard InChI is InChI=1S/C22H38O4S.Na.H/c1-2-3-4-5-6-7-8-9-10-11-12-13-14-15-20-26-21-16-18-22(19-17-21)27(23,24)25;;/h16-19H,2-15,20H2,1H3,(H,23,24,25);;/q;+1;-1. The number of hydrogen-bond donors (Lipinski definition) is 1. The van der Waals surface area contributed by atoms with Crippen LogP contribution < -0.4 is 34.3 Å². The van der Waals surface area contributed by atoms with Crippen molar-refractivity contribution < 1.29 is 48.7 Å². The van der Waals surface area contributed by atoms with Gasteiger partial charge in [-0.15, -0.1) is 0 Å². The molecule has 0 atom stereocenters. The molecule has 158 valence electrons. The molecule has 0 aliphatic carbocycles. The summed E-state index contributed by atoms with van der Waals surface area (Å²) in [7, 11) is -4.13. The maximum atomic E-state index is 11.0. The zero-order chi connectivity index (χ0) is 19.8. The van der Waals surface area contributed by atoms with Crippen LogP contribution in [0, 0.1) is 0 Å². The van der Waals surface area contributed by atoms with Gasteiger partial charge in [-0.3, -0.25) is 4.55 Å². The zero-order valence-corrected chi connectivity index (χ0v) is 20.8. The second-order valence-corrected chi connectivity index (χ2v) is 8.81. The van der Waals surface area contributed by atoms with Gasteiger partial charge in [0.1, 0.15) is 5.75 Å². The second-order valence-electron chi connectivity index (χ2n) is 7.39. The van der Waals surface area contributed by atoms with Crippen LogP contribution in [0.1, 0.15) is 98.2 Å². The van der Waals surface area contributed by atoms with Gasteiger partial charge in [0.15, 0.2) is 0 Å². The Kier molecular flexibility index (Phi) is 17.7. The third kappa shape index (κ3) is 14.9. The van der Waals surface area contributed by atoms with Gasteiger partial charge in [-0.2, -0.15) is 8.42 Å². The van der Waals surface area contributed by atoms with E-state index in [4.69, 9.17) is 9.29 Å². The smallest absolute Gasteiger partial charge is 1.00 e. The Morgan fingerprint density at radius 3 is 1.54 bits per heavy atom. The molecule has 0 amide bonds. The van der Waals surface area contributed by atoms with E-state index in [0.717, 1.165) is 6.42 Å². The number of ether oxygens (including phenoxy) is 1. The average molecular weight is 423 g/mol. The molecule has 0 radical (unpaired) electrons. The fourth-order valence-corrected chi connectivity index (χ4v) is 3.67. The van der Waals surface area contributed by atoms with Gasteiger partial charge < -0.3 is 6.16 Å². The number of rotatable bonds is 17. The Bertz CT molecular complexity index is 579. The molecular weight excluding hydrogens is 383 g/mol. The maximum absolute atomic E-state index is 11.0. The van der Waals surface area contributed by atoms with Gasteiger partial charge in [0.2, 0.25) is 0 Å². The Balaban J connectivity index is 0. The van der Waals surface area contributed by atoms with Gasteiger partial charge in [0, 0.05) is 0 Å². The van der Waals surface area contributed by atoms with E-state index < -0.39 is 10.1 Å². The van der Waals surface area contributed by atoms with Crippen molar-refractivity contribution in [2.24, 2.45) is 0 Å². The van der Waals surface area contributed by atoms with Crippen LogP contribution in [0.4, 0.5) is 0 Å². The van der Waals surface area contributed by atoms with Crippen LogP contribution in [0.5, 0.6) is 5.75 Å². The van der Waals surface area contributed by atoms with E-state index in [1.54, 1.807) is 12.1 Å². The third-order valence-electron chi connectivity index (χ3n) is 4.89. The van der Waals surface area contributed by atoms with Crippen LogP contribution in [0.2, 0.25) is 0 Å². The van der Waals surface area contributed by atoms with E-state index >= 15 is 0 Å². The summed E-state index contributed by atoms with van der Waals surface area (Å²) >= 11 is 0. The average Bonchev–Trinajstić information content (AvgIpc) is 2.64. The predicted molar refractivity (Wildman–Crippen MR) is 113 cm³/mol. The topological polar surface area (TPSA) is 63.6 Å². The summed E-state index contributed by atoms with van der Waals surface area (Å²) in [5, 5.41) is 0. The van der Waals surface area contributed by atoms with Crippen molar-refractivity contribution in [2.75, 3.05) is 6.61 Å². The van der Waals surface area contributed by atoms with Gasteiger partial charge in [-0.1, -0.05) is 90.4 Å². The summed E-state index contributed by atoms with van der Waals surface area (Å²) in [6, 6.07) is 5.87. The summed E-state index contributed by atoms with van der Waals surface area (Å²) < 4.78 is 36.5. The first-order chi connectivity index (χ1) is 13.0. The maximum Gasteiger partial charge on any atom is 1.00 e. The molecule has 0 saturated heterocycles. The van der Waals surface area contributed by atoms with Crippen molar-refractivity contribution in [3.05, 3.63) is 24.3 Å². The molecule has 0 aromatic heterocycles. The van der Waals surface area contributed by atoms with Crippen molar-refractivity contribution in [3.63, 3.8) is 0 Å². The summed E-state index contributed by atoms with van der Waals surface area (Å²) in [5.41, 5.74) is 0. The molecule has 0 unspecified atom stereocenters. The minimum Gasteiger partial charge on any atom is -1.00 e. The van der Waals surface area contributed by atoms with E-state index in [-0.39, 0.29) is 35.9 Å². The molecule has 4 nitrogen and oxygen atoms in total. The first kappa shape index (κ1) is 27.9. The van der Waals surface area contributed by atoms with E-state index in [0.29, 0.717) is 12.4 Å². The largest absolute Gasteiger partial charge is 1.00 e. The number of benzene rings is 1. The van der Waals surface area contributed by atoms with Crippen molar-refractivity contribution in [2.45, 2.75) is 102 Å². The van der Waals surface area contributed by atoms with Gasteiger partial charge >= 0.3 is 29.6 Å². The van der Waals surface area contributed by atoms with Gasteiger partial charge in [-0.05, 0) is 30.7 Å². The van der Waals surface area contributed by atoms with Crippen LogP contribution in [0.3, 0.4) is 0 Å². The summed E-state index contributed by atoms with van der Waals surface area (Å²) in [4.78, 5) is -0.105. The van der Waals surface area contributed by atoms with Gasteiger partial charge in [0.25, 0.3) is 10.1 Å². The van der Waals surface area contributed by atoms with E-state index in [2.05, 4.69) is 6.92 Å². The van der Waals surface area contributed by atoms with E-state index in [9.17, 15) is 8.42 Å². The molecule has 0 aliphatic heterocycles. The molecule has 0 aliphatic rings. The molecule has 1 aromatic carbocycles. The van der Waals surface area contributed by atoms with Crippen molar-refractivity contribution in [3.8, 4) is 5.75 Å². The normalized spacial score (nSPS) is 11.2. The summed E-state index contributed by atoms with van der Waals surface area (Å²) in [6.07, 6.45) is 18.6. The van der Waals surface area contributed by atoms with Crippen LogP contribution >= 0.6 is 0 Å². The molecular formula is C22H39NaO4S. The SMILES string of the molecule is CCCCCCCCCCCCCCCCOc1ccc(S(=O)(=O)O)cc1.[H-].[Na+]. The Morgan fingerprint density at radius 1 is 0.750 bits per heavy atom. The minimum absolute atomic E-state index is 0. The first-order valence-corrected chi connectivity index (χ1v) is 12.2. The van der Waals surface area contributed by atoms with E-state index in [1.807, 2.05) is 0 Å². The van der Waals surface area contributed by atoms with Crippen LogP contribution in [-0.2, 0) is 10.1 Å². The first-order valence-electron chi connectivity index (χ1n) is 10.7. The van der Waals surface area contributed by atoms with Gasteiger partial charge in [-0.25, -0.2) is 0 Å². The Morgan fingerprint density at radius 2 is 1.14 bits per heavy atom. The predicted octanol–water partition coefficient (Wildman–Crippen LogP) is 3.91. The number of unbranched alkanes of at least 4 members (excludes halogenated alkanes) is 13. The molecule has 6 heteroatoms. The molecule has 0 saturated carbocycles. The molecule has 0 spiro atoms. The fourth-order valence-electron chi connectivity index (χ4n) is 3.19. The molecule has 1 rings (SSSR count). The van der Waals surface area contributed by atoms with Crippen molar-refractivity contribution in [1.82, 2.24) is 0 Å². The third-order valence-corrected chi connectivity index (χ3v) is 5.76. The van der Waals surface area contributed by atoms with Crippen molar-refractivity contribution >= 4 is 10.1 Å². The van der Waals surface area contributed by atoms with Crippen LogP contribution in [-0.4, -0.2) is 19.6 Å². The van der Waals surface area contributed by atoms with E-state index in [1.165, 1.54) is 95.6 Å². The summed E-state index contributed by atoms with van der Waals surface area (Å²) in [6.45, 7) is 2.91. The number of hydrogen-bond acceptors (Lipinski definition) is 3. The molecule has 28 heavy (non-hydrogen) atoms.